The van der Waals surface area contributed by atoms with Crippen LogP contribution in [0.25, 0.3) is 0 Å². The van der Waals surface area contributed by atoms with Gasteiger partial charge in [-0.2, -0.15) is 5.26 Å². The second-order valence-electron chi connectivity index (χ2n) is 5.09. The maximum atomic E-state index is 9.81. The highest BCUT2D eigenvalue weighted by Crippen LogP contribution is 2.43. The topological polar surface area (TPSA) is 45.5 Å². The molecule has 0 saturated carbocycles. The molecule has 0 aromatic heterocycles. The van der Waals surface area contributed by atoms with Crippen LogP contribution in [0.1, 0.15) is 17.5 Å². The minimum absolute atomic E-state index is 0.492. The molecule has 0 amide bonds. The third-order valence-electron chi connectivity index (χ3n) is 4.25. The zero-order valence-corrected chi connectivity index (χ0v) is 11.2. The zero-order chi connectivity index (χ0) is 13.3. The van der Waals surface area contributed by atoms with Gasteiger partial charge < -0.3 is 9.47 Å². The van der Waals surface area contributed by atoms with Crippen molar-refractivity contribution in [2.45, 2.75) is 18.4 Å². The molecule has 4 nitrogen and oxygen atoms in total. The number of ether oxygens (including phenoxy) is 2. The first kappa shape index (κ1) is 12.5. The van der Waals surface area contributed by atoms with Crippen molar-refractivity contribution in [2.24, 2.45) is 0 Å². The van der Waals surface area contributed by atoms with Crippen molar-refractivity contribution in [1.29, 1.82) is 5.26 Å². The summed E-state index contributed by atoms with van der Waals surface area (Å²) in [6, 6.07) is 8.67. The smallest absolute Gasteiger partial charge is 0.135 e. The van der Waals surface area contributed by atoms with E-state index in [-0.39, 0.29) is 0 Å². The summed E-state index contributed by atoms with van der Waals surface area (Å²) in [7, 11) is 1.67. The minimum atomic E-state index is -0.492. The molecule has 0 N–H and O–H groups in total. The number of hydrogen-bond donors (Lipinski definition) is 0. The second kappa shape index (κ2) is 4.84. The monoisotopic (exact) mass is 258 g/mol. The fourth-order valence-electron chi connectivity index (χ4n) is 3.20. The summed E-state index contributed by atoms with van der Waals surface area (Å²) in [5, 5.41) is 9.81. The number of nitriles is 1. The molecule has 1 aliphatic heterocycles. The highest BCUT2D eigenvalue weighted by Gasteiger charge is 2.44. The Morgan fingerprint density at radius 3 is 2.84 bits per heavy atom. The van der Waals surface area contributed by atoms with Crippen molar-refractivity contribution < 1.29 is 9.47 Å². The van der Waals surface area contributed by atoms with Gasteiger partial charge in [0.05, 0.1) is 26.4 Å². The van der Waals surface area contributed by atoms with Crippen LogP contribution < -0.4 is 4.74 Å². The number of morpholine rings is 1. The molecule has 0 spiro atoms. The predicted octanol–water partition coefficient (Wildman–Crippen LogP) is 1.69. The van der Waals surface area contributed by atoms with Crippen molar-refractivity contribution in [2.75, 3.05) is 33.4 Å². The van der Waals surface area contributed by atoms with Crippen LogP contribution in [0.2, 0.25) is 0 Å². The lowest BCUT2D eigenvalue weighted by molar-refractivity contribution is -0.00463. The van der Waals surface area contributed by atoms with E-state index in [0.29, 0.717) is 13.2 Å². The van der Waals surface area contributed by atoms with Gasteiger partial charge in [-0.15, -0.1) is 0 Å². The first-order chi connectivity index (χ1) is 9.30. The van der Waals surface area contributed by atoms with E-state index in [1.54, 1.807) is 7.11 Å². The van der Waals surface area contributed by atoms with E-state index in [0.717, 1.165) is 37.2 Å². The van der Waals surface area contributed by atoms with Crippen LogP contribution in [-0.2, 0) is 16.7 Å². The molecule has 1 fully saturated rings. The maximum Gasteiger partial charge on any atom is 0.135 e. The third-order valence-corrected chi connectivity index (χ3v) is 4.25. The summed E-state index contributed by atoms with van der Waals surface area (Å²) in [5.41, 5.74) is 1.90. The molecule has 19 heavy (non-hydrogen) atoms. The molecule has 1 aromatic carbocycles. The lowest BCUT2D eigenvalue weighted by atomic mass is 9.90. The lowest BCUT2D eigenvalue weighted by Gasteiger charge is -2.39. The van der Waals surface area contributed by atoms with E-state index >= 15 is 0 Å². The minimum Gasteiger partial charge on any atom is -0.497 e. The molecule has 1 saturated heterocycles. The Hall–Kier alpha value is -1.57. The van der Waals surface area contributed by atoms with Crippen LogP contribution in [0.3, 0.4) is 0 Å². The molecule has 1 aliphatic carbocycles. The molecule has 1 aromatic rings. The number of nitrogens with zero attached hydrogens (tertiary/aromatic N) is 2. The van der Waals surface area contributed by atoms with Crippen molar-refractivity contribution in [1.82, 2.24) is 4.90 Å². The van der Waals surface area contributed by atoms with Crippen molar-refractivity contribution >= 4 is 0 Å². The number of aryl methyl sites for hydroxylation is 1. The fraction of sp³-hybridized carbons (Fsp3) is 0.533. The molecule has 2 aliphatic rings. The molecular formula is C15H18N2O2. The number of rotatable bonds is 2. The standard InChI is InChI=1S/C15H18N2O2/c1-18-13-3-2-12-4-5-15(11-16,14(12)10-13)17-6-8-19-9-7-17/h2-3,10H,4-9H2,1H3. The van der Waals surface area contributed by atoms with Crippen molar-refractivity contribution in [3.05, 3.63) is 29.3 Å². The van der Waals surface area contributed by atoms with Crippen molar-refractivity contribution in [3.63, 3.8) is 0 Å². The van der Waals surface area contributed by atoms with Crippen LogP contribution in [0.5, 0.6) is 5.75 Å². The lowest BCUT2D eigenvalue weighted by Crippen LogP contribution is -2.49. The Kier molecular flexibility index (Phi) is 3.17. The van der Waals surface area contributed by atoms with Crippen LogP contribution >= 0.6 is 0 Å². The van der Waals surface area contributed by atoms with Gasteiger partial charge in [0.25, 0.3) is 0 Å². The van der Waals surface area contributed by atoms with Gasteiger partial charge in [-0.25, -0.2) is 0 Å². The number of fused-ring (bicyclic) bond motifs is 1. The number of benzene rings is 1. The highest BCUT2D eigenvalue weighted by atomic mass is 16.5. The van der Waals surface area contributed by atoms with Gasteiger partial charge in [0, 0.05) is 13.1 Å². The van der Waals surface area contributed by atoms with Gasteiger partial charge in [-0.3, -0.25) is 4.90 Å². The molecule has 1 unspecified atom stereocenters. The molecule has 1 heterocycles. The van der Waals surface area contributed by atoms with Crippen LogP contribution in [0.15, 0.2) is 18.2 Å². The van der Waals surface area contributed by atoms with Gasteiger partial charge in [0.15, 0.2) is 0 Å². The average molecular weight is 258 g/mol. The molecule has 4 heteroatoms. The Morgan fingerprint density at radius 1 is 1.37 bits per heavy atom. The Balaban J connectivity index is 2.03. The van der Waals surface area contributed by atoms with Gasteiger partial charge in [-0.05, 0) is 36.1 Å². The average Bonchev–Trinajstić information content (AvgIpc) is 2.87. The molecule has 100 valence electrons. The SMILES string of the molecule is COc1ccc2c(c1)C(C#N)(N1CCOCC1)CC2. The van der Waals surface area contributed by atoms with Gasteiger partial charge in [-0.1, -0.05) is 6.07 Å². The first-order valence-corrected chi connectivity index (χ1v) is 6.71. The van der Waals surface area contributed by atoms with Gasteiger partial charge >= 0.3 is 0 Å². The van der Waals surface area contributed by atoms with Gasteiger partial charge in [0.1, 0.15) is 11.3 Å². The molecule has 0 bridgehead atoms. The summed E-state index contributed by atoms with van der Waals surface area (Å²) in [4.78, 5) is 2.27. The summed E-state index contributed by atoms with van der Waals surface area (Å²) < 4.78 is 10.7. The van der Waals surface area contributed by atoms with Crippen LogP contribution in [-0.4, -0.2) is 38.3 Å². The van der Waals surface area contributed by atoms with Crippen LogP contribution in [0, 0.1) is 11.3 Å². The van der Waals surface area contributed by atoms with E-state index in [1.165, 1.54) is 5.56 Å². The quantitative estimate of drug-likeness (QED) is 0.810. The summed E-state index contributed by atoms with van der Waals surface area (Å²) in [6.45, 7) is 3.07. The maximum absolute atomic E-state index is 9.81. The van der Waals surface area contributed by atoms with E-state index < -0.39 is 5.54 Å². The number of hydrogen-bond acceptors (Lipinski definition) is 4. The van der Waals surface area contributed by atoms with Gasteiger partial charge in [0.2, 0.25) is 0 Å². The van der Waals surface area contributed by atoms with E-state index in [2.05, 4.69) is 17.0 Å². The Bertz CT molecular complexity index is 517. The van der Waals surface area contributed by atoms with Crippen LogP contribution in [0.4, 0.5) is 0 Å². The second-order valence-corrected chi connectivity index (χ2v) is 5.09. The third kappa shape index (κ3) is 1.90. The largest absolute Gasteiger partial charge is 0.497 e. The molecule has 1 atom stereocenters. The Labute approximate surface area is 113 Å². The number of methoxy groups -OCH3 is 1. The fourth-order valence-corrected chi connectivity index (χ4v) is 3.20. The van der Waals surface area contributed by atoms with E-state index in [1.807, 2.05) is 12.1 Å². The highest BCUT2D eigenvalue weighted by molar-refractivity contribution is 5.47. The van der Waals surface area contributed by atoms with E-state index in [9.17, 15) is 5.26 Å². The summed E-state index contributed by atoms with van der Waals surface area (Å²) in [6.07, 6.45) is 1.83. The predicted molar refractivity (Wildman–Crippen MR) is 71.0 cm³/mol. The molecule has 3 rings (SSSR count). The van der Waals surface area contributed by atoms with E-state index in [4.69, 9.17) is 9.47 Å². The normalized spacial score (nSPS) is 26.7. The molecular weight excluding hydrogens is 240 g/mol. The summed E-state index contributed by atoms with van der Waals surface area (Å²) in [5.74, 6) is 0.827. The Morgan fingerprint density at radius 2 is 2.16 bits per heavy atom. The molecule has 0 radical (unpaired) electrons. The van der Waals surface area contributed by atoms with Crippen molar-refractivity contribution in [3.8, 4) is 11.8 Å². The zero-order valence-electron chi connectivity index (χ0n) is 11.2. The first-order valence-electron chi connectivity index (χ1n) is 6.71. The summed E-state index contributed by atoms with van der Waals surface area (Å²) >= 11 is 0.